The van der Waals surface area contributed by atoms with E-state index < -0.39 is 12.0 Å². The van der Waals surface area contributed by atoms with E-state index in [0.29, 0.717) is 25.8 Å². The van der Waals surface area contributed by atoms with Crippen molar-refractivity contribution in [3.63, 3.8) is 0 Å². The lowest BCUT2D eigenvalue weighted by Crippen LogP contribution is -2.40. The maximum Gasteiger partial charge on any atom is 0.326 e. The molecule has 1 aliphatic rings. The summed E-state index contributed by atoms with van der Waals surface area (Å²) < 4.78 is 0. The van der Waals surface area contributed by atoms with E-state index in [1.165, 1.54) is 10.5 Å². The van der Waals surface area contributed by atoms with Crippen LogP contribution >= 0.6 is 0 Å². The first-order valence-corrected chi connectivity index (χ1v) is 7.91. The number of aryl methyl sites for hydroxylation is 1. The normalized spacial score (nSPS) is 18.5. The number of rotatable bonds is 4. The van der Waals surface area contributed by atoms with Gasteiger partial charge in [-0.2, -0.15) is 0 Å². The topological polar surface area (TPSA) is 57.6 Å². The van der Waals surface area contributed by atoms with Gasteiger partial charge in [0.05, 0.1) is 0 Å². The maximum atomic E-state index is 12.2. The van der Waals surface area contributed by atoms with Crippen molar-refractivity contribution in [1.29, 1.82) is 0 Å². The Hall–Kier alpha value is -1.84. The van der Waals surface area contributed by atoms with Gasteiger partial charge in [0.2, 0.25) is 5.91 Å². The Bertz CT molecular complexity index is 542. The summed E-state index contributed by atoms with van der Waals surface area (Å²) in [5.41, 5.74) is 2.51. The van der Waals surface area contributed by atoms with Crippen molar-refractivity contribution in [2.24, 2.45) is 0 Å². The summed E-state index contributed by atoms with van der Waals surface area (Å²) in [6.45, 7) is 7.08. The van der Waals surface area contributed by atoms with Crippen molar-refractivity contribution in [2.45, 2.75) is 57.9 Å². The van der Waals surface area contributed by atoms with Crippen LogP contribution in [-0.2, 0) is 21.4 Å². The van der Waals surface area contributed by atoms with Gasteiger partial charge >= 0.3 is 5.97 Å². The van der Waals surface area contributed by atoms with Crippen LogP contribution in [0.1, 0.15) is 51.2 Å². The first-order chi connectivity index (χ1) is 10.3. The fraction of sp³-hybridized carbons (Fsp3) is 0.556. The van der Waals surface area contributed by atoms with Crippen LogP contribution in [0.25, 0.3) is 0 Å². The number of hydrogen-bond acceptors (Lipinski definition) is 2. The quantitative estimate of drug-likeness (QED) is 0.930. The highest BCUT2D eigenvalue weighted by Gasteiger charge is 2.33. The molecule has 4 heteroatoms. The van der Waals surface area contributed by atoms with Gasteiger partial charge in [-0.05, 0) is 35.8 Å². The lowest BCUT2D eigenvalue weighted by atomic mass is 9.86. The van der Waals surface area contributed by atoms with E-state index in [2.05, 4.69) is 45.0 Å². The molecule has 1 aromatic carbocycles. The molecule has 1 saturated heterocycles. The van der Waals surface area contributed by atoms with Crippen molar-refractivity contribution in [3.05, 3.63) is 35.4 Å². The van der Waals surface area contributed by atoms with Crippen LogP contribution in [-0.4, -0.2) is 34.5 Å². The second kappa shape index (κ2) is 6.51. The van der Waals surface area contributed by atoms with Crippen LogP contribution in [0.5, 0.6) is 0 Å². The Morgan fingerprint density at radius 1 is 1.23 bits per heavy atom. The van der Waals surface area contributed by atoms with E-state index in [-0.39, 0.29) is 11.3 Å². The van der Waals surface area contributed by atoms with E-state index in [4.69, 9.17) is 5.11 Å². The average molecular weight is 303 g/mol. The smallest absolute Gasteiger partial charge is 0.326 e. The predicted octanol–water partition coefficient (Wildman–Crippen LogP) is 2.99. The first-order valence-electron chi connectivity index (χ1n) is 7.91. The van der Waals surface area contributed by atoms with Crippen molar-refractivity contribution >= 4 is 11.9 Å². The number of likely N-dealkylation sites (tertiary alicyclic amines) is 1. The SMILES string of the molecule is CC(C)(C)c1ccc(CCC(=O)N2CCC[C@H]2C(=O)O)cc1. The van der Waals surface area contributed by atoms with Crippen LogP contribution in [0.2, 0.25) is 0 Å². The Morgan fingerprint density at radius 2 is 1.86 bits per heavy atom. The molecule has 1 heterocycles. The molecule has 22 heavy (non-hydrogen) atoms. The van der Waals surface area contributed by atoms with E-state index in [0.717, 1.165) is 12.0 Å². The zero-order chi connectivity index (χ0) is 16.3. The fourth-order valence-electron chi connectivity index (χ4n) is 2.89. The van der Waals surface area contributed by atoms with E-state index in [9.17, 15) is 9.59 Å². The van der Waals surface area contributed by atoms with Crippen LogP contribution in [0.15, 0.2) is 24.3 Å². The lowest BCUT2D eigenvalue weighted by molar-refractivity contribution is -0.148. The van der Waals surface area contributed by atoms with Gasteiger partial charge in [0, 0.05) is 13.0 Å². The number of benzene rings is 1. The summed E-state index contributed by atoms with van der Waals surface area (Å²) in [6.07, 6.45) is 2.38. The monoisotopic (exact) mass is 303 g/mol. The van der Waals surface area contributed by atoms with Gasteiger partial charge in [-0.1, -0.05) is 45.0 Å². The van der Waals surface area contributed by atoms with Gasteiger partial charge in [-0.25, -0.2) is 4.79 Å². The molecule has 1 fully saturated rings. The van der Waals surface area contributed by atoms with E-state index >= 15 is 0 Å². The molecule has 0 bridgehead atoms. The largest absolute Gasteiger partial charge is 0.480 e. The van der Waals surface area contributed by atoms with Crippen LogP contribution < -0.4 is 0 Å². The van der Waals surface area contributed by atoms with Gasteiger partial charge in [0.1, 0.15) is 6.04 Å². The molecule has 1 amide bonds. The van der Waals surface area contributed by atoms with Gasteiger partial charge in [0.15, 0.2) is 0 Å². The van der Waals surface area contributed by atoms with Gasteiger partial charge in [0.25, 0.3) is 0 Å². The minimum absolute atomic E-state index is 0.0511. The minimum atomic E-state index is -0.889. The summed E-state index contributed by atoms with van der Waals surface area (Å²) in [5, 5.41) is 9.13. The number of carboxylic acids is 1. The second-order valence-electron chi connectivity index (χ2n) is 7.03. The molecule has 120 valence electrons. The standard InChI is InChI=1S/C18H25NO3/c1-18(2,3)14-9-6-13(7-10-14)8-11-16(20)19-12-4-5-15(19)17(21)22/h6-7,9-10,15H,4-5,8,11-12H2,1-3H3,(H,21,22)/t15-/m0/s1. The van der Waals surface area contributed by atoms with Gasteiger partial charge < -0.3 is 10.0 Å². The number of hydrogen-bond donors (Lipinski definition) is 1. The highest BCUT2D eigenvalue weighted by molar-refractivity contribution is 5.84. The molecule has 1 N–H and O–H groups in total. The number of carbonyl (C=O) groups is 2. The number of carbonyl (C=O) groups excluding carboxylic acids is 1. The van der Waals surface area contributed by atoms with Crippen LogP contribution in [0, 0.1) is 0 Å². The van der Waals surface area contributed by atoms with E-state index in [1.54, 1.807) is 0 Å². The fourth-order valence-corrected chi connectivity index (χ4v) is 2.89. The molecule has 1 atom stereocenters. The zero-order valence-corrected chi connectivity index (χ0v) is 13.6. The number of aliphatic carboxylic acids is 1. The Balaban J connectivity index is 1.92. The Labute approximate surface area is 132 Å². The zero-order valence-electron chi connectivity index (χ0n) is 13.6. The molecule has 1 aliphatic heterocycles. The third-order valence-corrected chi connectivity index (χ3v) is 4.31. The lowest BCUT2D eigenvalue weighted by Gasteiger charge is -2.21. The van der Waals surface area contributed by atoms with Crippen LogP contribution in [0.3, 0.4) is 0 Å². The molecule has 0 aliphatic carbocycles. The third kappa shape index (κ3) is 3.87. The highest BCUT2D eigenvalue weighted by Crippen LogP contribution is 2.23. The first kappa shape index (κ1) is 16.5. The molecule has 0 unspecified atom stereocenters. The molecule has 4 nitrogen and oxygen atoms in total. The van der Waals surface area contributed by atoms with E-state index in [1.807, 2.05) is 0 Å². The molecule has 1 aromatic rings. The molecule has 0 radical (unpaired) electrons. The van der Waals surface area contributed by atoms with Crippen LogP contribution in [0.4, 0.5) is 0 Å². The summed E-state index contributed by atoms with van der Waals surface area (Å²) in [7, 11) is 0. The molecule has 0 spiro atoms. The third-order valence-electron chi connectivity index (χ3n) is 4.31. The van der Waals surface area contributed by atoms with Gasteiger partial charge in [-0.15, -0.1) is 0 Å². The Morgan fingerprint density at radius 3 is 2.41 bits per heavy atom. The molecule has 0 aromatic heterocycles. The Kier molecular flexibility index (Phi) is 4.89. The predicted molar refractivity (Wildman–Crippen MR) is 85.8 cm³/mol. The average Bonchev–Trinajstić information content (AvgIpc) is 2.94. The number of carboxylic acid groups (broad SMARTS) is 1. The molecule has 0 saturated carbocycles. The summed E-state index contributed by atoms with van der Waals surface area (Å²) in [4.78, 5) is 24.9. The summed E-state index contributed by atoms with van der Waals surface area (Å²) in [6, 6.07) is 7.71. The van der Waals surface area contributed by atoms with Crippen molar-refractivity contribution in [3.8, 4) is 0 Å². The summed E-state index contributed by atoms with van der Waals surface area (Å²) >= 11 is 0. The van der Waals surface area contributed by atoms with Gasteiger partial charge in [-0.3, -0.25) is 4.79 Å². The molecular formula is C18H25NO3. The number of amides is 1. The number of nitrogens with zero attached hydrogens (tertiary/aromatic N) is 1. The van der Waals surface area contributed by atoms with Crippen molar-refractivity contribution < 1.29 is 14.7 Å². The minimum Gasteiger partial charge on any atom is -0.480 e. The van der Waals surface area contributed by atoms with Crippen molar-refractivity contribution in [1.82, 2.24) is 4.90 Å². The maximum absolute atomic E-state index is 12.2. The second-order valence-corrected chi connectivity index (χ2v) is 7.03. The molecule has 2 rings (SSSR count). The van der Waals surface area contributed by atoms with Crippen molar-refractivity contribution in [2.75, 3.05) is 6.54 Å². The highest BCUT2D eigenvalue weighted by atomic mass is 16.4. The summed E-state index contributed by atoms with van der Waals surface area (Å²) in [5.74, 6) is -0.940. The molecular weight excluding hydrogens is 278 g/mol.